The van der Waals surface area contributed by atoms with Crippen LogP contribution in [-0.2, 0) is 32.6 Å². The molecule has 1 saturated carbocycles. The van der Waals surface area contributed by atoms with Crippen molar-refractivity contribution in [3.05, 3.63) is 126 Å². The van der Waals surface area contributed by atoms with Crippen LogP contribution in [0.25, 0.3) is 0 Å². The molecule has 0 saturated heterocycles. The zero-order valence-corrected chi connectivity index (χ0v) is 28.6. The quantitative estimate of drug-likeness (QED) is 0.162. The van der Waals surface area contributed by atoms with Crippen molar-refractivity contribution in [2.45, 2.75) is 75.9 Å². The van der Waals surface area contributed by atoms with Gasteiger partial charge in [0.25, 0.3) is 10.0 Å². The fraction of sp³-hybridized carbons (Fsp3) is 0.333. The van der Waals surface area contributed by atoms with Crippen LogP contribution in [0.2, 0.25) is 0 Å². The summed E-state index contributed by atoms with van der Waals surface area (Å²) < 4.78 is 35.6. The number of amides is 2. The average molecular weight is 668 g/mol. The molecule has 1 aliphatic rings. The van der Waals surface area contributed by atoms with Crippen molar-refractivity contribution in [2.24, 2.45) is 0 Å². The van der Waals surface area contributed by atoms with Crippen molar-refractivity contribution in [3.8, 4) is 5.75 Å². The number of hydrogen-bond donors (Lipinski definition) is 1. The van der Waals surface area contributed by atoms with Gasteiger partial charge >= 0.3 is 0 Å². The molecular weight excluding hydrogens is 623 g/mol. The molecule has 0 radical (unpaired) electrons. The molecule has 0 aliphatic heterocycles. The maximum atomic E-state index is 14.8. The van der Waals surface area contributed by atoms with Crippen molar-refractivity contribution in [1.82, 2.24) is 10.2 Å². The topological polar surface area (TPSA) is 96.0 Å². The normalized spacial score (nSPS) is 14.1. The van der Waals surface area contributed by atoms with Gasteiger partial charge in [-0.2, -0.15) is 0 Å². The van der Waals surface area contributed by atoms with Crippen molar-refractivity contribution < 1.29 is 22.7 Å². The first-order chi connectivity index (χ1) is 23.3. The van der Waals surface area contributed by atoms with Crippen LogP contribution in [0, 0.1) is 6.92 Å². The molecule has 0 heterocycles. The van der Waals surface area contributed by atoms with Gasteiger partial charge in [0.05, 0.1) is 17.2 Å². The lowest BCUT2D eigenvalue weighted by molar-refractivity contribution is -0.140. The van der Waals surface area contributed by atoms with E-state index in [0.29, 0.717) is 12.4 Å². The lowest BCUT2D eigenvalue weighted by atomic mass is 9.94. The second kappa shape index (κ2) is 16.5. The van der Waals surface area contributed by atoms with E-state index in [1.54, 1.807) is 47.4 Å². The van der Waals surface area contributed by atoms with Crippen molar-refractivity contribution in [3.63, 3.8) is 0 Å². The molecule has 9 heteroatoms. The predicted molar refractivity (Wildman–Crippen MR) is 189 cm³/mol. The first kappa shape index (κ1) is 34.7. The van der Waals surface area contributed by atoms with E-state index in [9.17, 15) is 18.0 Å². The summed E-state index contributed by atoms with van der Waals surface area (Å²) in [6, 6.07) is 31.5. The number of hydrogen-bond acceptors (Lipinski definition) is 5. The van der Waals surface area contributed by atoms with E-state index in [1.807, 2.05) is 68.4 Å². The van der Waals surface area contributed by atoms with Crippen molar-refractivity contribution >= 4 is 27.5 Å². The number of nitrogens with one attached hydrogen (secondary N) is 1. The Bertz CT molecular complexity index is 1740. The van der Waals surface area contributed by atoms with E-state index >= 15 is 0 Å². The van der Waals surface area contributed by atoms with Crippen LogP contribution < -0.4 is 14.4 Å². The standard InChI is InChI=1S/C39H45N3O5S/c1-3-47-37-22-14-13-21-35(37)42(48(45,46)34-19-11-6-12-20-34)29-38(43)41(28-32-25-23-30(2)24-26-32)36(27-31-15-7-4-8-16-31)39(44)40-33-17-9-5-10-18-33/h4,6-8,11-16,19-26,33,36H,3,5,9-10,17-18,27-29H2,1-2H3,(H,40,44). The number of carbonyl (C=O) groups is 2. The highest BCUT2D eigenvalue weighted by atomic mass is 32.2. The molecule has 48 heavy (non-hydrogen) atoms. The van der Waals surface area contributed by atoms with E-state index in [0.717, 1.165) is 53.1 Å². The lowest BCUT2D eigenvalue weighted by Gasteiger charge is -2.35. The van der Waals surface area contributed by atoms with Gasteiger partial charge in [0.2, 0.25) is 11.8 Å². The lowest BCUT2D eigenvalue weighted by Crippen LogP contribution is -2.55. The Labute approximate surface area is 284 Å². The van der Waals surface area contributed by atoms with E-state index in [1.165, 1.54) is 12.1 Å². The molecule has 1 fully saturated rings. The van der Waals surface area contributed by atoms with E-state index in [-0.39, 0.29) is 35.5 Å². The van der Waals surface area contributed by atoms with Gasteiger partial charge in [-0.25, -0.2) is 8.42 Å². The highest BCUT2D eigenvalue weighted by Gasteiger charge is 2.36. The van der Waals surface area contributed by atoms with Crippen LogP contribution in [0.1, 0.15) is 55.7 Å². The van der Waals surface area contributed by atoms with Gasteiger partial charge in [0.15, 0.2) is 0 Å². The SMILES string of the molecule is CCOc1ccccc1N(CC(=O)N(Cc1ccc(C)cc1)C(Cc1ccccc1)C(=O)NC1CCCCC1)S(=O)(=O)c1ccccc1. The van der Waals surface area contributed by atoms with Gasteiger partial charge in [-0.1, -0.05) is 110 Å². The van der Waals surface area contributed by atoms with Gasteiger partial charge in [0, 0.05) is 19.0 Å². The van der Waals surface area contributed by atoms with Crippen molar-refractivity contribution in [2.75, 3.05) is 17.5 Å². The minimum atomic E-state index is -4.22. The maximum Gasteiger partial charge on any atom is 0.264 e. The second-order valence-electron chi connectivity index (χ2n) is 12.3. The molecule has 0 spiro atoms. The molecule has 4 aromatic carbocycles. The molecule has 5 rings (SSSR count). The summed E-state index contributed by atoms with van der Waals surface area (Å²) in [5.41, 5.74) is 3.06. The number of anilines is 1. The Morgan fingerprint density at radius 3 is 2.10 bits per heavy atom. The number of ether oxygens (including phenoxy) is 1. The number of rotatable bonds is 14. The van der Waals surface area contributed by atoms with E-state index in [2.05, 4.69) is 5.32 Å². The number of aryl methyl sites for hydroxylation is 1. The zero-order valence-electron chi connectivity index (χ0n) is 27.8. The van der Waals surface area contributed by atoms with Crippen LogP contribution in [0.5, 0.6) is 5.75 Å². The molecule has 1 atom stereocenters. The van der Waals surface area contributed by atoms with Crippen LogP contribution >= 0.6 is 0 Å². The largest absolute Gasteiger partial charge is 0.492 e. The Morgan fingerprint density at radius 2 is 1.44 bits per heavy atom. The second-order valence-corrected chi connectivity index (χ2v) is 14.1. The number of para-hydroxylation sites is 2. The Kier molecular flexibility index (Phi) is 11.9. The van der Waals surface area contributed by atoms with Gasteiger partial charge in [-0.3, -0.25) is 13.9 Å². The van der Waals surface area contributed by atoms with Crippen LogP contribution in [0.4, 0.5) is 5.69 Å². The summed E-state index contributed by atoms with van der Waals surface area (Å²) in [6.45, 7) is 3.71. The number of nitrogens with zero attached hydrogens (tertiary/aromatic N) is 2. The molecule has 8 nitrogen and oxygen atoms in total. The molecule has 252 valence electrons. The zero-order chi connectivity index (χ0) is 33.9. The minimum Gasteiger partial charge on any atom is -0.492 e. The van der Waals surface area contributed by atoms with E-state index < -0.39 is 28.5 Å². The predicted octanol–water partition coefficient (Wildman–Crippen LogP) is 6.68. The smallest absolute Gasteiger partial charge is 0.264 e. The van der Waals surface area contributed by atoms with Gasteiger partial charge in [-0.15, -0.1) is 0 Å². The summed E-state index contributed by atoms with van der Waals surface area (Å²) in [7, 11) is -4.22. The molecular formula is C39H45N3O5S. The summed E-state index contributed by atoms with van der Waals surface area (Å²) in [5, 5.41) is 3.25. The average Bonchev–Trinajstić information content (AvgIpc) is 3.11. The maximum absolute atomic E-state index is 14.8. The third-order valence-electron chi connectivity index (χ3n) is 8.74. The van der Waals surface area contributed by atoms with E-state index in [4.69, 9.17) is 4.74 Å². The molecule has 0 bridgehead atoms. The van der Waals surface area contributed by atoms with Gasteiger partial charge < -0.3 is 15.0 Å². The third-order valence-corrected chi connectivity index (χ3v) is 10.5. The monoisotopic (exact) mass is 667 g/mol. The molecule has 2 amide bonds. The summed E-state index contributed by atoms with van der Waals surface area (Å²) in [4.78, 5) is 30.6. The molecule has 1 N–H and O–H groups in total. The molecule has 1 aliphatic carbocycles. The van der Waals surface area contributed by atoms with Crippen LogP contribution in [-0.4, -0.2) is 50.4 Å². The Morgan fingerprint density at radius 1 is 0.812 bits per heavy atom. The Balaban J connectivity index is 1.58. The fourth-order valence-electron chi connectivity index (χ4n) is 6.16. The molecule has 4 aromatic rings. The first-order valence-electron chi connectivity index (χ1n) is 16.7. The highest BCUT2D eigenvalue weighted by molar-refractivity contribution is 7.92. The summed E-state index contributed by atoms with van der Waals surface area (Å²) in [6.07, 6.45) is 5.31. The third kappa shape index (κ3) is 8.83. The van der Waals surface area contributed by atoms with Gasteiger partial charge in [-0.05, 0) is 62.1 Å². The minimum absolute atomic E-state index is 0.0360. The van der Waals surface area contributed by atoms with Crippen LogP contribution in [0.3, 0.4) is 0 Å². The molecule has 1 unspecified atom stereocenters. The summed E-state index contributed by atoms with van der Waals surface area (Å²) >= 11 is 0. The Hall–Kier alpha value is -4.63. The molecule has 0 aromatic heterocycles. The first-order valence-corrected chi connectivity index (χ1v) is 18.2. The number of carbonyl (C=O) groups excluding carboxylic acids is 2. The fourth-order valence-corrected chi connectivity index (χ4v) is 7.61. The number of benzene rings is 4. The number of sulfonamides is 1. The van der Waals surface area contributed by atoms with Crippen molar-refractivity contribution in [1.29, 1.82) is 0 Å². The van der Waals surface area contributed by atoms with Crippen LogP contribution in [0.15, 0.2) is 114 Å². The summed E-state index contributed by atoms with van der Waals surface area (Å²) in [5.74, 6) is -0.396. The highest BCUT2D eigenvalue weighted by Crippen LogP contribution is 2.33. The van der Waals surface area contributed by atoms with Gasteiger partial charge in [0.1, 0.15) is 18.3 Å².